The van der Waals surface area contributed by atoms with Gasteiger partial charge in [-0.2, -0.15) is 0 Å². The first-order valence-corrected chi connectivity index (χ1v) is 6.36. The molecule has 1 atom stereocenters. The van der Waals surface area contributed by atoms with E-state index in [9.17, 15) is 0 Å². The van der Waals surface area contributed by atoms with E-state index in [1.54, 1.807) is 0 Å². The molecule has 0 amide bonds. The molecule has 1 aliphatic rings. The predicted molar refractivity (Wildman–Crippen MR) is 66.3 cm³/mol. The molecule has 3 nitrogen and oxygen atoms in total. The molecule has 1 heterocycles. The Labute approximate surface area is 94.8 Å². The molecule has 90 valence electrons. The summed E-state index contributed by atoms with van der Waals surface area (Å²) >= 11 is 0. The van der Waals surface area contributed by atoms with Gasteiger partial charge < -0.3 is 15.1 Å². The smallest absolute Gasteiger partial charge is 0.0110 e. The topological polar surface area (TPSA) is 18.5 Å². The molecule has 0 aromatic heterocycles. The lowest BCUT2D eigenvalue weighted by Crippen LogP contribution is -2.45. The molecule has 1 rings (SSSR count). The monoisotopic (exact) mass is 213 g/mol. The van der Waals surface area contributed by atoms with Gasteiger partial charge in [-0.3, -0.25) is 0 Å². The van der Waals surface area contributed by atoms with Crippen molar-refractivity contribution in [3.63, 3.8) is 0 Å². The van der Waals surface area contributed by atoms with E-state index in [2.05, 4.69) is 36.0 Å². The molecule has 0 aromatic carbocycles. The fourth-order valence-electron chi connectivity index (χ4n) is 1.94. The number of hydrogen-bond acceptors (Lipinski definition) is 3. The zero-order valence-corrected chi connectivity index (χ0v) is 10.6. The Hall–Kier alpha value is -0.120. The van der Waals surface area contributed by atoms with Crippen molar-refractivity contribution in [2.75, 3.05) is 46.3 Å². The SMILES string of the molecule is CCCNC(C)CCN1CCN(C)CC1. The van der Waals surface area contributed by atoms with Crippen LogP contribution < -0.4 is 5.32 Å². The minimum Gasteiger partial charge on any atom is -0.314 e. The summed E-state index contributed by atoms with van der Waals surface area (Å²) in [6, 6.07) is 0.671. The van der Waals surface area contributed by atoms with Gasteiger partial charge in [0, 0.05) is 32.2 Å². The summed E-state index contributed by atoms with van der Waals surface area (Å²) < 4.78 is 0. The first kappa shape index (κ1) is 12.9. The van der Waals surface area contributed by atoms with Gasteiger partial charge in [0.2, 0.25) is 0 Å². The van der Waals surface area contributed by atoms with E-state index in [1.165, 1.54) is 45.6 Å². The summed E-state index contributed by atoms with van der Waals surface area (Å²) in [7, 11) is 2.21. The van der Waals surface area contributed by atoms with Crippen LogP contribution in [0.1, 0.15) is 26.7 Å². The molecule has 3 heteroatoms. The highest BCUT2D eigenvalue weighted by Crippen LogP contribution is 2.01. The number of rotatable bonds is 6. The molecule has 0 spiro atoms. The number of piperazine rings is 1. The first-order valence-electron chi connectivity index (χ1n) is 6.36. The van der Waals surface area contributed by atoms with Crippen molar-refractivity contribution in [3.05, 3.63) is 0 Å². The van der Waals surface area contributed by atoms with Crippen LogP contribution >= 0.6 is 0 Å². The highest BCUT2D eigenvalue weighted by atomic mass is 15.2. The van der Waals surface area contributed by atoms with Crippen molar-refractivity contribution in [1.29, 1.82) is 0 Å². The molecule has 0 aliphatic carbocycles. The fourth-order valence-corrected chi connectivity index (χ4v) is 1.94. The maximum atomic E-state index is 3.54. The highest BCUT2D eigenvalue weighted by Gasteiger charge is 2.13. The summed E-state index contributed by atoms with van der Waals surface area (Å²) in [6.45, 7) is 11.9. The standard InChI is InChI=1S/C12H27N3/c1-4-6-13-12(2)5-7-15-10-8-14(3)9-11-15/h12-13H,4-11H2,1-3H3. The summed E-state index contributed by atoms with van der Waals surface area (Å²) in [6.07, 6.45) is 2.52. The van der Waals surface area contributed by atoms with Crippen LogP contribution in [-0.2, 0) is 0 Å². The van der Waals surface area contributed by atoms with E-state index >= 15 is 0 Å². The zero-order valence-electron chi connectivity index (χ0n) is 10.6. The van der Waals surface area contributed by atoms with Crippen molar-refractivity contribution < 1.29 is 0 Å². The average Bonchev–Trinajstić information content (AvgIpc) is 2.25. The predicted octanol–water partition coefficient (Wildman–Crippen LogP) is 1.01. The molecule has 1 N–H and O–H groups in total. The number of nitrogens with one attached hydrogen (secondary N) is 1. The van der Waals surface area contributed by atoms with E-state index in [-0.39, 0.29) is 0 Å². The minimum atomic E-state index is 0.671. The summed E-state index contributed by atoms with van der Waals surface area (Å²) in [5, 5.41) is 3.54. The van der Waals surface area contributed by atoms with Gasteiger partial charge in [0.05, 0.1) is 0 Å². The number of hydrogen-bond donors (Lipinski definition) is 1. The molecule has 1 fully saturated rings. The summed E-state index contributed by atoms with van der Waals surface area (Å²) in [5.74, 6) is 0. The number of nitrogens with zero attached hydrogens (tertiary/aromatic N) is 2. The molecule has 0 aromatic rings. The molecule has 0 bridgehead atoms. The van der Waals surface area contributed by atoms with Gasteiger partial charge in [0.1, 0.15) is 0 Å². The van der Waals surface area contributed by atoms with Crippen LogP contribution in [0.2, 0.25) is 0 Å². The van der Waals surface area contributed by atoms with Crippen molar-refractivity contribution in [2.45, 2.75) is 32.7 Å². The third-order valence-electron chi connectivity index (χ3n) is 3.22. The second-order valence-corrected chi connectivity index (χ2v) is 4.79. The quantitative estimate of drug-likeness (QED) is 0.710. The first-order chi connectivity index (χ1) is 7.22. The Kier molecular flexibility index (Phi) is 6.22. The van der Waals surface area contributed by atoms with Crippen LogP contribution in [-0.4, -0.2) is 62.2 Å². The van der Waals surface area contributed by atoms with E-state index in [0.717, 1.165) is 6.54 Å². The average molecular weight is 213 g/mol. The second kappa shape index (κ2) is 7.20. The van der Waals surface area contributed by atoms with Crippen LogP contribution in [0.3, 0.4) is 0 Å². The van der Waals surface area contributed by atoms with E-state index in [0.29, 0.717) is 6.04 Å². The van der Waals surface area contributed by atoms with E-state index < -0.39 is 0 Å². The van der Waals surface area contributed by atoms with E-state index in [4.69, 9.17) is 0 Å². The van der Waals surface area contributed by atoms with Crippen molar-refractivity contribution in [3.8, 4) is 0 Å². The van der Waals surface area contributed by atoms with Crippen LogP contribution in [0, 0.1) is 0 Å². The highest BCUT2D eigenvalue weighted by molar-refractivity contribution is 4.71. The van der Waals surface area contributed by atoms with Gasteiger partial charge in [-0.05, 0) is 39.9 Å². The summed E-state index contributed by atoms with van der Waals surface area (Å²) in [5.41, 5.74) is 0. The lowest BCUT2D eigenvalue weighted by molar-refractivity contribution is 0.149. The lowest BCUT2D eigenvalue weighted by atomic mass is 10.2. The van der Waals surface area contributed by atoms with Gasteiger partial charge in [-0.15, -0.1) is 0 Å². The van der Waals surface area contributed by atoms with Crippen molar-refractivity contribution in [1.82, 2.24) is 15.1 Å². The minimum absolute atomic E-state index is 0.671. The normalized spacial score (nSPS) is 21.8. The Bertz CT molecular complexity index is 153. The van der Waals surface area contributed by atoms with Crippen LogP contribution in [0.15, 0.2) is 0 Å². The Morgan fingerprint density at radius 3 is 2.47 bits per heavy atom. The van der Waals surface area contributed by atoms with Gasteiger partial charge in [0.15, 0.2) is 0 Å². The molecule has 1 unspecified atom stereocenters. The van der Waals surface area contributed by atoms with Gasteiger partial charge in [0.25, 0.3) is 0 Å². The molecular weight excluding hydrogens is 186 g/mol. The fraction of sp³-hybridized carbons (Fsp3) is 1.00. The van der Waals surface area contributed by atoms with Crippen molar-refractivity contribution in [2.24, 2.45) is 0 Å². The molecule has 0 radical (unpaired) electrons. The molecule has 1 aliphatic heterocycles. The molecule has 15 heavy (non-hydrogen) atoms. The Balaban J connectivity index is 2.04. The number of likely N-dealkylation sites (N-methyl/N-ethyl adjacent to an activating group) is 1. The maximum Gasteiger partial charge on any atom is 0.0110 e. The Morgan fingerprint density at radius 2 is 1.87 bits per heavy atom. The largest absolute Gasteiger partial charge is 0.314 e. The second-order valence-electron chi connectivity index (χ2n) is 4.79. The molecule has 1 saturated heterocycles. The zero-order chi connectivity index (χ0) is 11.1. The van der Waals surface area contributed by atoms with Gasteiger partial charge in [-0.1, -0.05) is 6.92 Å². The molecule has 0 saturated carbocycles. The van der Waals surface area contributed by atoms with Crippen molar-refractivity contribution >= 4 is 0 Å². The third kappa shape index (κ3) is 5.50. The summed E-state index contributed by atoms with van der Waals surface area (Å²) in [4.78, 5) is 5.00. The maximum absolute atomic E-state index is 3.54. The molecular formula is C12H27N3. The lowest BCUT2D eigenvalue weighted by Gasteiger charge is -2.33. The Morgan fingerprint density at radius 1 is 1.20 bits per heavy atom. The van der Waals surface area contributed by atoms with Crippen LogP contribution in [0.4, 0.5) is 0 Å². The van der Waals surface area contributed by atoms with Crippen LogP contribution in [0.25, 0.3) is 0 Å². The van der Waals surface area contributed by atoms with E-state index in [1.807, 2.05) is 0 Å². The van der Waals surface area contributed by atoms with Crippen LogP contribution in [0.5, 0.6) is 0 Å². The van der Waals surface area contributed by atoms with Gasteiger partial charge >= 0.3 is 0 Å². The third-order valence-corrected chi connectivity index (χ3v) is 3.22. The van der Waals surface area contributed by atoms with Gasteiger partial charge in [-0.25, -0.2) is 0 Å².